The number of halogens is 2. The third-order valence-electron chi connectivity index (χ3n) is 2.95. The number of aromatic nitrogens is 2. The summed E-state index contributed by atoms with van der Waals surface area (Å²) in [5.41, 5.74) is 2.09. The molecule has 0 saturated heterocycles. The highest BCUT2D eigenvalue weighted by atomic mass is 127. The topological polar surface area (TPSA) is 35.0 Å². The fourth-order valence-corrected chi connectivity index (χ4v) is 2.73. The van der Waals surface area contributed by atoms with E-state index in [4.69, 9.17) is 16.3 Å². The zero-order valence-corrected chi connectivity index (χ0v) is 14.4. The van der Waals surface area contributed by atoms with Crippen molar-refractivity contribution in [2.45, 2.75) is 26.2 Å². The number of methoxy groups -OCH3 is 1. The van der Waals surface area contributed by atoms with Gasteiger partial charge in [0.1, 0.15) is 16.7 Å². The third kappa shape index (κ3) is 3.61. The lowest BCUT2D eigenvalue weighted by molar-refractivity contribution is 0.410. The van der Waals surface area contributed by atoms with Crippen molar-refractivity contribution in [1.82, 2.24) is 9.97 Å². The maximum absolute atomic E-state index is 6.20. The number of aryl methyl sites for hydroxylation is 1. The Morgan fingerprint density at radius 3 is 2.70 bits per heavy atom. The van der Waals surface area contributed by atoms with Gasteiger partial charge in [0.25, 0.3) is 0 Å². The molecule has 0 amide bonds. The molecule has 0 N–H and O–H groups in total. The second-order valence-corrected chi connectivity index (χ2v) is 5.87. The number of nitrogens with zero attached hydrogens (tertiary/aromatic N) is 2. The van der Waals surface area contributed by atoms with Gasteiger partial charge in [-0.05, 0) is 35.1 Å². The van der Waals surface area contributed by atoms with Crippen LogP contribution in [0.1, 0.15) is 30.4 Å². The molecule has 0 fully saturated rings. The van der Waals surface area contributed by atoms with E-state index in [-0.39, 0.29) is 0 Å². The molecule has 0 unspecified atom stereocenters. The molecule has 3 nitrogen and oxygen atoms in total. The van der Waals surface area contributed by atoms with Gasteiger partial charge in [-0.2, -0.15) is 0 Å². The maximum atomic E-state index is 6.20. The lowest BCUT2D eigenvalue weighted by Gasteiger charge is -2.10. The van der Waals surface area contributed by atoms with Gasteiger partial charge in [-0.3, -0.25) is 0 Å². The van der Waals surface area contributed by atoms with Crippen molar-refractivity contribution in [3.05, 3.63) is 50.1 Å². The van der Waals surface area contributed by atoms with Gasteiger partial charge in [0.2, 0.25) is 0 Å². The van der Waals surface area contributed by atoms with Crippen LogP contribution in [0.3, 0.4) is 0 Å². The number of rotatable bonds is 5. The summed E-state index contributed by atoms with van der Waals surface area (Å²) in [4.78, 5) is 9.01. The Bertz CT molecular complexity index is 604. The molecule has 0 bridgehead atoms. The molecule has 0 saturated carbocycles. The average molecular weight is 403 g/mol. The first-order valence-electron chi connectivity index (χ1n) is 6.48. The fourth-order valence-electron chi connectivity index (χ4n) is 2.01. The minimum Gasteiger partial charge on any atom is -0.496 e. The molecule has 5 heteroatoms. The number of hydrogen-bond acceptors (Lipinski definition) is 3. The van der Waals surface area contributed by atoms with Gasteiger partial charge in [0.15, 0.2) is 0 Å². The summed E-state index contributed by atoms with van der Waals surface area (Å²) in [6.07, 6.45) is 2.58. The van der Waals surface area contributed by atoms with E-state index in [9.17, 15) is 0 Å². The lowest BCUT2D eigenvalue weighted by atomic mass is 10.1. The average Bonchev–Trinajstić information content (AvgIpc) is 2.45. The van der Waals surface area contributed by atoms with E-state index < -0.39 is 0 Å². The van der Waals surface area contributed by atoms with Crippen molar-refractivity contribution in [1.29, 1.82) is 0 Å². The number of ether oxygens (including phenoxy) is 1. The summed E-state index contributed by atoms with van der Waals surface area (Å²) in [7, 11) is 1.67. The van der Waals surface area contributed by atoms with E-state index in [0.717, 1.165) is 39.2 Å². The summed E-state index contributed by atoms with van der Waals surface area (Å²) in [5, 5.41) is 0.536. The molecule has 0 radical (unpaired) electrons. The van der Waals surface area contributed by atoms with Crippen LogP contribution in [-0.4, -0.2) is 17.1 Å². The standard InChI is InChI=1S/C15H16ClIN2O/c1-3-6-11-14(17)15(16)19-13(18-11)9-10-7-4-5-8-12(10)20-2/h4-5,7-8H,3,6,9H2,1-2H3. The Balaban J connectivity index is 2.34. The van der Waals surface area contributed by atoms with Gasteiger partial charge < -0.3 is 4.74 Å². The van der Waals surface area contributed by atoms with E-state index in [2.05, 4.69) is 39.5 Å². The van der Waals surface area contributed by atoms with Crippen molar-refractivity contribution < 1.29 is 4.74 Å². The molecule has 1 aromatic heterocycles. The second-order valence-electron chi connectivity index (χ2n) is 4.43. The molecule has 0 atom stereocenters. The van der Waals surface area contributed by atoms with Crippen LogP contribution < -0.4 is 4.74 Å². The molecule has 106 valence electrons. The van der Waals surface area contributed by atoms with Gasteiger partial charge in [-0.1, -0.05) is 43.1 Å². The highest BCUT2D eigenvalue weighted by Crippen LogP contribution is 2.24. The van der Waals surface area contributed by atoms with Gasteiger partial charge in [0, 0.05) is 12.0 Å². The molecular weight excluding hydrogens is 387 g/mol. The van der Waals surface area contributed by atoms with Gasteiger partial charge in [-0.25, -0.2) is 9.97 Å². The van der Waals surface area contributed by atoms with Crippen LogP contribution in [0.2, 0.25) is 5.15 Å². The molecule has 1 heterocycles. The Hall–Kier alpha value is -0.880. The third-order valence-corrected chi connectivity index (χ3v) is 4.68. The molecular formula is C15H16ClIN2O. The van der Waals surface area contributed by atoms with Crippen LogP contribution in [-0.2, 0) is 12.8 Å². The summed E-state index contributed by atoms with van der Waals surface area (Å²) in [5.74, 6) is 1.59. The molecule has 1 aromatic carbocycles. The number of hydrogen-bond donors (Lipinski definition) is 0. The van der Waals surface area contributed by atoms with E-state index in [1.807, 2.05) is 24.3 Å². The monoisotopic (exact) mass is 402 g/mol. The van der Waals surface area contributed by atoms with E-state index in [1.54, 1.807) is 7.11 Å². The number of benzene rings is 1. The molecule has 20 heavy (non-hydrogen) atoms. The number of para-hydroxylation sites is 1. The molecule has 0 aliphatic rings. The van der Waals surface area contributed by atoms with Gasteiger partial charge in [-0.15, -0.1) is 0 Å². The fraction of sp³-hybridized carbons (Fsp3) is 0.333. The minimum atomic E-state index is 0.536. The summed E-state index contributed by atoms with van der Waals surface area (Å²) in [6.45, 7) is 2.13. The predicted octanol–water partition coefficient (Wildman–Crippen LogP) is 4.29. The largest absolute Gasteiger partial charge is 0.496 e. The van der Waals surface area contributed by atoms with Gasteiger partial charge >= 0.3 is 0 Å². The van der Waals surface area contributed by atoms with Crippen LogP contribution in [0.25, 0.3) is 0 Å². The Kier molecular flexibility index (Phi) is 5.60. The smallest absolute Gasteiger partial charge is 0.146 e. The quantitative estimate of drug-likeness (QED) is 0.553. The SMILES string of the molecule is CCCc1nc(Cc2ccccc2OC)nc(Cl)c1I. The molecule has 2 aromatic rings. The van der Waals surface area contributed by atoms with Crippen molar-refractivity contribution in [3.63, 3.8) is 0 Å². The van der Waals surface area contributed by atoms with Crippen LogP contribution >= 0.6 is 34.2 Å². The summed E-state index contributed by atoms with van der Waals surface area (Å²) < 4.78 is 6.31. The second kappa shape index (κ2) is 7.22. The molecule has 0 aliphatic carbocycles. The highest BCUT2D eigenvalue weighted by Gasteiger charge is 2.12. The highest BCUT2D eigenvalue weighted by molar-refractivity contribution is 14.1. The zero-order chi connectivity index (χ0) is 14.5. The Morgan fingerprint density at radius 1 is 1.25 bits per heavy atom. The summed E-state index contributed by atoms with van der Waals surface area (Å²) in [6, 6.07) is 7.90. The summed E-state index contributed by atoms with van der Waals surface area (Å²) >= 11 is 8.41. The Morgan fingerprint density at radius 2 is 2.00 bits per heavy atom. The van der Waals surface area contributed by atoms with Crippen molar-refractivity contribution in [3.8, 4) is 5.75 Å². The van der Waals surface area contributed by atoms with Crippen LogP contribution in [0, 0.1) is 3.57 Å². The first-order chi connectivity index (χ1) is 9.65. The maximum Gasteiger partial charge on any atom is 0.146 e. The van der Waals surface area contributed by atoms with Crippen LogP contribution in [0.15, 0.2) is 24.3 Å². The first kappa shape index (κ1) is 15.5. The van der Waals surface area contributed by atoms with Crippen molar-refractivity contribution in [2.75, 3.05) is 7.11 Å². The van der Waals surface area contributed by atoms with Gasteiger partial charge in [0.05, 0.1) is 16.4 Å². The van der Waals surface area contributed by atoms with Crippen LogP contribution in [0.5, 0.6) is 5.75 Å². The molecule has 2 rings (SSSR count). The lowest BCUT2D eigenvalue weighted by Crippen LogP contribution is -2.05. The normalized spacial score (nSPS) is 10.6. The van der Waals surface area contributed by atoms with Crippen LogP contribution in [0.4, 0.5) is 0 Å². The zero-order valence-electron chi connectivity index (χ0n) is 11.5. The Labute approximate surface area is 137 Å². The van der Waals surface area contributed by atoms with E-state index >= 15 is 0 Å². The van der Waals surface area contributed by atoms with Crippen molar-refractivity contribution in [2.24, 2.45) is 0 Å². The first-order valence-corrected chi connectivity index (χ1v) is 7.94. The van der Waals surface area contributed by atoms with E-state index in [0.29, 0.717) is 11.6 Å². The van der Waals surface area contributed by atoms with E-state index in [1.165, 1.54) is 0 Å². The van der Waals surface area contributed by atoms with Crippen molar-refractivity contribution >= 4 is 34.2 Å². The molecule has 0 spiro atoms. The minimum absolute atomic E-state index is 0.536. The molecule has 0 aliphatic heterocycles. The predicted molar refractivity (Wildman–Crippen MR) is 89.6 cm³/mol.